The van der Waals surface area contributed by atoms with Gasteiger partial charge in [-0.1, -0.05) is 34.4 Å². The molecule has 2 aromatic heterocycles. The number of hydrogen-bond donors (Lipinski definition) is 2. The highest BCUT2D eigenvalue weighted by atomic mass is 35.5. The molecule has 0 bridgehead atoms. The van der Waals surface area contributed by atoms with Crippen LogP contribution in [0, 0.1) is 12.7 Å². The van der Waals surface area contributed by atoms with E-state index in [1.165, 1.54) is 24.4 Å². The highest BCUT2D eigenvalue weighted by Crippen LogP contribution is 2.46. The summed E-state index contributed by atoms with van der Waals surface area (Å²) >= 11 is 13.0. The van der Waals surface area contributed by atoms with E-state index in [-0.39, 0.29) is 36.2 Å². The number of hydrogen-bond acceptors (Lipinski definition) is 7. The van der Waals surface area contributed by atoms with Crippen LogP contribution >= 0.6 is 23.2 Å². The van der Waals surface area contributed by atoms with Crippen molar-refractivity contribution in [1.82, 2.24) is 10.1 Å². The first-order valence-electron chi connectivity index (χ1n) is 12.7. The van der Waals surface area contributed by atoms with E-state index in [1.54, 1.807) is 31.2 Å². The normalized spacial score (nSPS) is 16.1. The van der Waals surface area contributed by atoms with E-state index in [0.29, 0.717) is 39.0 Å². The van der Waals surface area contributed by atoms with Gasteiger partial charge in [0.2, 0.25) is 0 Å². The minimum absolute atomic E-state index is 0.0941. The monoisotopic (exact) mass is 583 g/mol. The van der Waals surface area contributed by atoms with Gasteiger partial charge in [-0.15, -0.1) is 0 Å². The standard InChI is InChI=1S/C29H24Cl2FN3O5/c1-15-8-18(32)9-23(31)25(15)26-20(27(40-34-26)16-2-3-16)12-39-19-5-6-21(22(30)10-19)29(38)13-35(14-29)24-7-4-17(11-33-24)28(36)37/h4-11,16,38H,2-3,12-14H2,1H3,(H,36,37). The Labute approximate surface area is 238 Å². The van der Waals surface area contributed by atoms with Crippen molar-refractivity contribution < 1.29 is 28.7 Å². The molecule has 11 heteroatoms. The number of aryl methyl sites for hydroxylation is 1. The van der Waals surface area contributed by atoms with Gasteiger partial charge in [0.1, 0.15) is 41.0 Å². The fourth-order valence-corrected chi connectivity index (χ4v) is 5.75. The number of anilines is 1. The number of pyridine rings is 1. The Morgan fingerprint density at radius 2 is 1.95 bits per heavy atom. The number of aromatic nitrogens is 2. The predicted octanol–water partition coefficient (Wildman–Crippen LogP) is 6.35. The zero-order valence-electron chi connectivity index (χ0n) is 21.3. The van der Waals surface area contributed by atoms with E-state index in [2.05, 4.69) is 10.1 Å². The second-order valence-electron chi connectivity index (χ2n) is 10.3. The van der Waals surface area contributed by atoms with Crippen LogP contribution in [0.4, 0.5) is 10.2 Å². The molecule has 0 unspecified atom stereocenters. The first-order chi connectivity index (χ1) is 19.1. The maximum Gasteiger partial charge on any atom is 0.337 e. The number of ether oxygens (including phenoxy) is 1. The Hall–Kier alpha value is -3.66. The number of halogens is 3. The van der Waals surface area contributed by atoms with Crippen molar-refractivity contribution in [3.05, 3.63) is 92.5 Å². The molecule has 6 rings (SSSR count). The highest BCUT2D eigenvalue weighted by Gasteiger charge is 2.44. The minimum Gasteiger partial charge on any atom is -0.489 e. The molecule has 2 aromatic carbocycles. The van der Waals surface area contributed by atoms with Gasteiger partial charge < -0.3 is 24.4 Å². The van der Waals surface area contributed by atoms with Crippen LogP contribution in [-0.2, 0) is 12.2 Å². The Balaban J connectivity index is 1.18. The molecule has 1 saturated carbocycles. The van der Waals surface area contributed by atoms with Gasteiger partial charge in [0.25, 0.3) is 0 Å². The average molecular weight is 584 g/mol. The molecule has 40 heavy (non-hydrogen) atoms. The lowest BCUT2D eigenvalue weighted by molar-refractivity contribution is 0.00710. The molecule has 8 nitrogen and oxygen atoms in total. The van der Waals surface area contributed by atoms with Crippen molar-refractivity contribution in [3.8, 4) is 17.0 Å². The van der Waals surface area contributed by atoms with E-state index < -0.39 is 17.4 Å². The molecule has 2 fully saturated rings. The maximum absolute atomic E-state index is 13.9. The van der Waals surface area contributed by atoms with E-state index in [0.717, 1.165) is 24.2 Å². The van der Waals surface area contributed by atoms with Crippen molar-refractivity contribution in [2.45, 2.75) is 37.9 Å². The zero-order valence-corrected chi connectivity index (χ0v) is 22.8. The quantitative estimate of drug-likeness (QED) is 0.247. The molecule has 3 heterocycles. The summed E-state index contributed by atoms with van der Waals surface area (Å²) in [4.78, 5) is 17.1. The van der Waals surface area contributed by atoms with Gasteiger partial charge in [0.15, 0.2) is 0 Å². The van der Waals surface area contributed by atoms with Gasteiger partial charge in [0, 0.05) is 23.2 Å². The number of carboxylic acid groups (broad SMARTS) is 1. The van der Waals surface area contributed by atoms with Crippen molar-refractivity contribution in [2.75, 3.05) is 18.0 Å². The molecule has 1 saturated heterocycles. The summed E-state index contributed by atoms with van der Waals surface area (Å²) in [6.45, 7) is 2.41. The van der Waals surface area contributed by atoms with Gasteiger partial charge in [-0.25, -0.2) is 14.2 Å². The number of β-amino-alcohol motifs (C(OH)–C–C–N with tert-alkyl or cyclic N) is 1. The lowest BCUT2D eigenvalue weighted by Gasteiger charge is -2.47. The number of benzene rings is 2. The highest BCUT2D eigenvalue weighted by molar-refractivity contribution is 6.33. The summed E-state index contributed by atoms with van der Waals surface area (Å²) in [6, 6.07) is 10.9. The van der Waals surface area contributed by atoms with E-state index in [4.69, 9.17) is 37.6 Å². The SMILES string of the molecule is Cc1cc(F)cc(Cl)c1-c1noc(C2CC2)c1COc1ccc(C2(O)CN(c3ccc(C(=O)O)cn3)C2)c(Cl)c1. The summed E-state index contributed by atoms with van der Waals surface area (Å²) in [5.41, 5.74) is 1.99. The predicted molar refractivity (Wildman–Crippen MR) is 147 cm³/mol. The minimum atomic E-state index is -1.19. The maximum atomic E-state index is 13.9. The third kappa shape index (κ3) is 4.89. The Morgan fingerprint density at radius 3 is 2.58 bits per heavy atom. The number of carbonyl (C=O) groups is 1. The number of aliphatic hydroxyl groups is 1. The summed E-state index contributed by atoms with van der Waals surface area (Å²) in [5.74, 6) is 0.593. The van der Waals surface area contributed by atoms with E-state index in [1.807, 2.05) is 4.90 Å². The molecule has 2 aliphatic rings. The molecule has 0 atom stereocenters. The first-order valence-corrected chi connectivity index (χ1v) is 13.4. The Bertz CT molecular complexity index is 1590. The van der Waals surface area contributed by atoms with Crippen LogP contribution in [0.25, 0.3) is 11.3 Å². The van der Waals surface area contributed by atoms with Crippen molar-refractivity contribution >= 4 is 35.0 Å². The molecule has 4 aromatic rings. The van der Waals surface area contributed by atoms with E-state index in [9.17, 15) is 14.3 Å². The largest absolute Gasteiger partial charge is 0.489 e. The molecule has 1 aliphatic heterocycles. The third-order valence-corrected chi connectivity index (χ3v) is 7.92. The van der Waals surface area contributed by atoms with Crippen LogP contribution < -0.4 is 9.64 Å². The number of aromatic carboxylic acids is 1. The fourth-order valence-electron chi connectivity index (χ4n) is 5.06. The lowest BCUT2D eigenvalue weighted by atomic mass is 9.86. The Kier molecular flexibility index (Phi) is 6.68. The van der Waals surface area contributed by atoms with Gasteiger partial charge in [-0.2, -0.15) is 0 Å². The van der Waals surface area contributed by atoms with Crippen LogP contribution in [0.3, 0.4) is 0 Å². The molecule has 0 amide bonds. The summed E-state index contributed by atoms with van der Waals surface area (Å²) in [6.07, 6.45) is 3.27. The molecule has 1 aliphatic carbocycles. The summed E-state index contributed by atoms with van der Waals surface area (Å²) in [5, 5.41) is 25.1. The van der Waals surface area contributed by atoms with Crippen LogP contribution in [0.1, 0.15) is 51.6 Å². The molecule has 0 spiro atoms. The molecule has 206 valence electrons. The fraction of sp³-hybridized carbons (Fsp3) is 0.276. The summed E-state index contributed by atoms with van der Waals surface area (Å²) < 4.78 is 25.7. The second-order valence-corrected chi connectivity index (χ2v) is 11.1. The van der Waals surface area contributed by atoms with Crippen molar-refractivity contribution in [3.63, 3.8) is 0 Å². The van der Waals surface area contributed by atoms with Gasteiger partial charge >= 0.3 is 5.97 Å². The smallest absolute Gasteiger partial charge is 0.337 e. The third-order valence-electron chi connectivity index (χ3n) is 7.30. The Morgan fingerprint density at radius 1 is 1.18 bits per heavy atom. The second kappa shape index (κ2) is 10.1. The van der Waals surface area contributed by atoms with Crippen LogP contribution in [0.2, 0.25) is 10.0 Å². The number of rotatable bonds is 8. The van der Waals surface area contributed by atoms with Crippen LogP contribution in [0.5, 0.6) is 5.75 Å². The van der Waals surface area contributed by atoms with Crippen LogP contribution in [-0.4, -0.2) is 39.4 Å². The molecule has 2 N–H and O–H groups in total. The van der Waals surface area contributed by atoms with Gasteiger partial charge in [-0.05, 0) is 61.7 Å². The topological polar surface area (TPSA) is 109 Å². The molecular formula is C29H24Cl2FN3O5. The zero-order chi connectivity index (χ0) is 28.2. The summed E-state index contributed by atoms with van der Waals surface area (Å²) in [7, 11) is 0. The first kappa shape index (κ1) is 26.6. The lowest BCUT2D eigenvalue weighted by Crippen LogP contribution is -2.60. The molecular weight excluding hydrogens is 560 g/mol. The van der Waals surface area contributed by atoms with Crippen LogP contribution in [0.15, 0.2) is 53.2 Å². The molecule has 0 radical (unpaired) electrons. The van der Waals surface area contributed by atoms with Gasteiger partial charge in [0.05, 0.1) is 34.3 Å². The number of nitrogens with zero attached hydrogens (tertiary/aromatic N) is 3. The average Bonchev–Trinajstić information content (AvgIpc) is 3.65. The van der Waals surface area contributed by atoms with Gasteiger partial charge in [-0.3, -0.25) is 0 Å². The van der Waals surface area contributed by atoms with Crippen molar-refractivity contribution in [2.24, 2.45) is 0 Å². The number of carboxylic acids is 1. The van der Waals surface area contributed by atoms with E-state index >= 15 is 0 Å². The van der Waals surface area contributed by atoms with Crippen molar-refractivity contribution in [1.29, 1.82) is 0 Å².